The average molecular weight is 579 g/mol. The van der Waals surface area contributed by atoms with Crippen LogP contribution in [0.15, 0.2) is 34.3 Å². The van der Waals surface area contributed by atoms with Gasteiger partial charge in [0, 0.05) is 0 Å². The van der Waals surface area contributed by atoms with Gasteiger partial charge in [-0.05, 0) is 106 Å². The molecule has 0 spiro atoms. The van der Waals surface area contributed by atoms with Gasteiger partial charge in [0.1, 0.15) is 26.2 Å². The van der Waals surface area contributed by atoms with Gasteiger partial charge in [-0.3, -0.25) is 14.1 Å². The Morgan fingerprint density at radius 1 is 0.756 bits per heavy atom. The molecule has 2 heterocycles. The fourth-order valence-electron chi connectivity index (χ4n) is 5.82. The summed E-state index contributed by atoms with van der Waals surface area (Å²) in [6.45, 7) is 19.0. The fourth-order valence-corrected chi connectivity index (χ4v) is 6.62. The van der Waals surface area contributed by atoms with Crippen LogP contribution in [-0.4, -0.2) is 109 Å². The number of benzene rings is 2. The molecule has 0 saturated heterocycles. The molecule has 2 aliphatic rings. The zero-order chi connectivity index (χ0) is 30.0. The second-order valence-electron chi connectivity index (χ2n) is 11.3. The van der Waals surface area contributed by atoms with Crippen LogP contribution in [-0.2, 0) is 9.47 Å². The lowest BCUT2D eigenvalue weighted by Crippen LogP contribution is -2.40. The van der Waals surface area contributed by atoms with Crippen molar-refractivity contribution in [3.05, 3.63) is 46.5 Å². The van der Waals surface area contributed by atoms with E-state index in [1.165, 1.54) is 11.1 Å². The van der Waals surface area contributed by atoms with Crippen molar-refractivity contribution in [3.63, 3.8) is 0 Å². The summed E-state index contributed by atoms with van der Waals surface area (Å²) in [5, 5.41) is 0. The highest BCUT2D eigenvalue weighted by atomic mass is 31.1. The first kappa shape index (κ1) is 30.7. The van der Waals surface area contributed by atoms with Crippen molar-refractivity contribution in [2.24, 2.45) is 9.98 Å². The Labute approximate surface area is 247 Å². The predicted octanol–water partition coefficient (Wildman–Crippen LogP) is 5.28. The van der Waals surface area contributed by atoms with E-state index in [1.807, 2.05) is 0 Å². The molecule has 8 nitrogen and oxygen atoms in total. The van der Waals surface area contributed by atoms with Gasteiger partial charge in [0.2, 0.25) is 0 Å². The lowest BCUT2D eigenvalue weighted by atomic mass is 9.95. The number of amidine groups is 2. The Kier molecular flexibility index (Phi) is 9.53. The Morgan fingerprint density at radius 2 is 1.17 bits per heavy atom. The molecule has 0 aliphatic carbocycles. The Balaban J connectivity index is 1.71. The maximum absolute atomic E-state index is 5.86. The smallest absolute Gasteiger partial charge is 0.337 e. The third-order valence-electron chi connectivity index (χ3n) is 7.99. The molecule has 0 amide bonds. The van der Waals surface area contributed by atoms with E-state index in [1.54, 1.807) is 14.2 Å². The molecule has 0 bridgehead atoms. The Bertz CT molecular complexity index is 1410. The number of rotatable bonds is 7. The highest BCUT2D eigenvalue weighted by Crippen LogP contribution is 2.35. The van der Waals surface area contributed by atoms with Crippen LogP contribution >= 0.6 is 8.73 Å². The van der Waals surface area contributed by atoms with E-state index < -0.39 is 0 Å². The highest BCUT2D eigenvalue weighted by Gasteiger charge is 2.36. The van der Waals surface area contributed by atoms with E-state index in [0.717, 1.165) is 71.5 Å². The van der Waals surface area contributed by atoms with Crippen molar-refractivity contribution in [1.82, 2.24) is 9.57 Å². The molecule has 9 heteroatoms. The molecule has 1 unspecified atom stereocenters. The van der Waals surface area contributed by atoms with E-state index in [4.69, 9.17) is 19.5 Å². The summed E-state index contributed by atoms with van der Waals surface area (Å²) < 4.78 is 18.5. The first-order valence-electron chi connectivity index (χ1n) is 14.4. The van der Waals surface area contributed by atoms with Gasteiger partial charge in [-0.15, -0.1) is 0 Å². The number of aryl methyl sites for hydroxylation is 4. The summed E-state index contributed by atoms with van der Waals surface area (Å²) >= 11 is 0. The normalized spacial score (nSPS) is 16.9. The van der Waals surface area contributed by atoms with Crippen LogP contribution in [0.3, 0.4) is 0 Å². The van der Waals surface area contributed by atoms with Gasteiger partial charge in [-0.1, -0.05) is 0 Å². The van der Waals surface area contributed by atoms with Crippen molar-refractivity contribution < 1.29 is 18.6 Å². The van der Waals surface area contributed by atoms with Crippen LogP contribution in [0, 0.1) is 27.7 Å². The molecule has 220 valence electrons. The summed E-state index contributed by atoms with van der Waals surface area (Å²) in [5.41, 5.74) is 8.74. The van der Waals surface area contributed by atoms with Crippen LogP contribution in [0.5, 0.6) is 0 Å². The molecular weight excluding hydrogens is 531 g/mol. The van der Waals surface area contributed by atoms with Gasteiger partial charge in [-0.25, -0.2) is 14.7 Å². The number of nitrogens with zero attached hydrogens (tertiary/aromatic N) is 6. The number of aliphatic imine (C=N–C) groups is 2. The Hall–Kier alpha value is -3.25. The van der Waals surface area contributed by atoms with Crippen LogP contribution in [0.25, 0.3) is 11.1 Å². The minimum atomic E-state index is 0.377. The summed E-state index contributed by atoms with van der Waals surface area (Å²) in [6.07, 6.45) is 0. The first-order valence-corrected chi connectivity index (χ1v) is 15.8. The SMILES string of the molecule is COC(=Nc1c(C)cc(-c2cc(C)c(N=C(OC)C3=[N+](C)CCN3C(C)C)c(C)c2)cc1C)C1=[N+](C)CCN1PC. The molecule has 1 atom stereocenters. The maximum Gasteiger partial charge on any atom is 0.337 e. The van der Waals surface area contributed by atoms with E-state index in [2.05, 4.69) is 105 Å². The lowest BCUT2D eigenvalue weighted by Gasteiger charge is -2.18. The van der Waals surface area contributed by atoms with Gasteiger partial charge < -0.3 is 9.47 Å². The van der Waals surface area contributed by atoms with E-state index in [9.17, 15) is 0 Å². The molecular formula is C32H47N6O2P+2. The molecule has 0 saturated carbocycles. The quantitative estimate of drug-likeness (QED) is 0.194. The number of likely N-dealkylation sites (N-methyl/N-ethyl adjacent to an activating group) is 2. The highest BCUT2D eigenvalue weighted by molar-refractivity contribution is 7.35. The molecule has 4 rings (SSSR count). The number of hydrogen-bond acceptors (Lipinski definition) is 6. The minimum absolute atomic E-state index is 0.377. The van der Waals surface area contributed by atoms with Crippen LogP contribution < -0.4 is 0 Å². The summed E-state index contributed by atoms with van der Waals surface area (Å²) in [5.74, 6) is 3.44. The monoisotopic (exact) mass is 578 g/mol. The average Bonchev–Trinajstić information content (AvgIpc) is 3.50. The second kappa shape index (κ2) is 12.7. The largest absolute Gasteiger partial charge is 0.475 e. The molecule has 0 N–H and O–H groups in total. The zero-order valence-electron chi connectivity index (χ0n) is 26.7. The molecule has 2 aromatic carbocycles. The van der Waals surface area contributed by atoms with Crippen LogP contribution in [0.1, 0.15) is 36.1 Å². The number of hydrogen-bond donors (Lipinski definition) is 0. The zero-order valence-corrected chi connectivity index (χ0v) is 27.7. The van der Waals surface area contributed by atoms with E-state index in [-0.39, 0.29) is 0 Å². The lowest BCUT2D eigenvalue weighted by molar-refractivity contribution is -0.485. The van der Waals surface area contributed by atoms with E-state index >= 15 is 0 Å². The Morgan fingerprint density at radius 3 is 1.59 bits per heavy atom. The van der Waals surface area contributed by atoms with Crippen molar-refractivity contribution in [2.75, 3.05) is 61.2 Å². The predicted molar refractivity (Wildman–Crippen MR) is 174 cm³/mol. The molecule has 2 aliphatic heterocycles. The molecule has 41 heavy (non-hydrogen) atoms. The van der Waals surface area contributed by atoms with Crippen molar-refractivity contribution in [1.29, 1.82) is 0 Å². The van der Waals surface area contributed by atoms with Gasteiger partial charge in [0.15, 0.2) is 0 Å². The van der Waals surface area contributed by atoms with Gasteiger partial charge in [0.05, 0.1) is 54.5 Å². The number of methoxy groups -OCH3 is 2. The van der Waals surface area contributed by atoms with Crippen molar-refractivity contribution >= 4 is 43.6 Å². The minimum Gasteiger partial charge on any atom is -0.475 e. The van der Waals surface area contributed by atoms with Crippen molar-refractivity contribution in [3.8, 4) is 11.1 Å². The molecule has 0 fully saturated rings. The van der Waals surface area contributed by atoms with Gasteiger partial charge in [0.25, 0.3) is 0 Å². The summed E-state index contributed by atoms with van der Waals surface area (Å²) in [6, 6.07) is 9.28. The topological polar surface area (TPSA) is 55.7 Å². The van der Waals surface area contributed by atoms with Gasteiger partial charge >= 0.3 is 23.5 Å². The standard InChI is InChI=1S/C32H47N6O2P/c1-20(2)37-14-12-35(7)31(37)29(39-9)33-27-21(3)16-25(17-22(27)4)26-18-23(5)28(24(6)19-26)34-30(40-10)32-36(8)13-15-38(32)41-11/h16-20,41H,12-15H2,1-11H3/q+2. The van der Waals surface area contributed by atoms with Crippen molar-refractivity contribution in [2.45, 2.75) is 47.6 Å². The van der Waals surface area contributed by atoms with Crippen LogP contribution in [0.2, 0.25) is 0 Å². The summed E-state index contributed by atoms with van der Waals surface area (Å²) in [4.78, 5) is 12.4. The number of ether oxygens (including phenoxy) is 2. The first-order chi connectivity index (χ1) is 19.5. The summed E-state index contributed by atoms with van der Waals surface area (Å²) in [7, 11) is 8.30. The van der Waals surface area contributed by atoms with Crippen LogP contribution in [0.4, 0.5) is 11.4 Å². The van der Waals surface area contributed by atoms with E-state index in [0.29, 0.717) is 26.6 Å². The third kappa shape index (κ3) is 6.18. The van der Waals surface area contributed by atoms with Gasteiger partial charge in [-0.2, -0.15) is 0 Å². The fraction of sp³-hybridized carbons (Fsp3) is 0.500. The molecule has 2 aromatic rings. The molecule has 0 aromatic heterocycles. The molecule has 0 radical (unpaired) electrons. The second-order valence-corrected chi connectivity index (χ2v) is 12.3. The maximum atomic E-state index is 5.86. The third-order valence-corrected chi connectivity index (χ3v) is 8.97.